The molecule has 2 heterocycles. The quantitative estimate of drug-likeness (QED) is 0.352. The fraction of sp³-hybridized carbons (Fsp3) is 0.312. The number of carbonyl (C=O) groups excluding carboxylic acids is 2. The van der Waals surface area contributed by atoms with Gasteiger partial charge >= 0.3 is 0 Å². The molecule has 0 saturated carbocycles. The molecule has 1 aliphatic heterocycles. The van der Waals surface area contributed by atoms with E-state index < -0.39 is 0 Å². The number of nitrogens with zero attached hydrogens (tertiary/aromatic N) is 2. The van der Waals surface area contributed by atoms with Gasteiger partial charge in [0.05, 0.1) is 0 Å². The molecule has 2 amide bonds. The molecule has 1 saturated heterocycles. The Morgan fingerprint density at radius 1 is 1.33 bits per heavy atom. The average Bonchev–Trinajstić information content (AvgIpc) is 2.78. The van der Waals surface area contributed by atoms with E-state index in [0.717, 1.165) is 10.9 Å². The SMILES string of the molecule is C[CH-]C.Cn1nc([C-]2CCC(=O)NC2=O)c2c[c-]c[c-]c21.[Ac].[Re].[Re]. The molecule has 0 spiro atoms. The molecule has 3 rings (SSSR count). The molecule has 1 fully saturated rings. The standard InChI is InChI=1S/C13H10N3O2.C3H7.Ac.2Re/c1-16-10-5-3-2-4-8(10)12(15-16)9-6-7-11(17)14-13(9)18;1-3-2;;;/h3-4H,6-7H2,1H3,(H,14,17,18);3H,1-2H3;;;/q-3;-1;;;. The molecule has 8 heteroatoms. The van der Waals surface area contributed by atoms with Crippen molar-refractivity contribution in [3.8, 4) is 0 Å². The zero-order valence-corrected chi connectivity index (χ0v) is 23.9. The summed E-state index contributed by atoms with van der Waals surface area (Å²) in [4.78, 5) is 23.0. The van der Waals surface area contributed by atoms with Crippen LogP contribution in [0.5, 0.6) is 0 Å². The topological polar surface area (TPSA) is 64.0 Å². The fourth-order valence-corrected chi connectivity index (χ4v) is 2.15. The minimum atomic E-state index is -0.352. The first-order valence-electron chi connectivity index (χ1n) is 6.77. The van der Waals surface area contributed by atoms with Gasteiger partial charge < -0.3 is 34.6 Å². The zero-order valence-electron chi connectivity index (χ0n) is 13.7. The van der Waals surface area contributed by atoms with Crippen LogP contribution < -0.4 is 5.32 Å². The normalized spacial score (nSPS) is 12.9. The Morgan fingerprint density at radius 2 is 1.96 bits per heavy atom. The molecule has 129 valence electrons. The van der Waals surface area contributed by atoms with Crippen molar-refractivity contribution in [1.29, 1.82) is 0 Å². The van der Waals surface area contributed by atoms with Gasteiger partial charge in [-0.1, -0.05) is 12.1 Å². The molecule has 5 nitrogen and oxygen atoms in total. The van der Waals surface area contributed by atoms with Crippen LogP contribution >= 0.6 is 0 Å². The van der Waals surface area contributed by atoms with Gasteiger partial charge in [0.1, 0.15) is 0 Å². The van der Waals surface area contributed by atoms with Gasteiger partial charge in [-0.2, -0.15) is 19.4 Å². The third kappa shape index (κ3) is 6.32. The van der Waals surface area contributed by atoms with Crippen LogP contribution in [0.2, 0.25) is 0 Å². The number of carbonyl (C=O) groups is 2. The first-order chi connectivity index (χ1) is 10.1. The van der Waals surface area contributed by atoms with Gasteiger partial charge in [0, 0.05) is 98.4 Å². The molecule has 0 unspecified atom stereocenters. The molecule has 0 aliphatic carbocycles. The number of hydrogen-bond acceptors (Lipinski definition) is 3. The van der Waals surface area contributed by atoms with Crippen LogP contribution in [-0.2, 0) is 57.5 Å². The van der Waals surface area contributed by atoms with E-state index in [0.29, 0.717) is 24.5 Å². The molecule has 0 atom stereocenters. The number of hydrogen-bond donors (Lipinski definition) is 1. The van der Waals surface area contributed by atoms with Crippen LogP contribution in [0.4, 0.5) is 0 Å². The van der Waals surface area contributed by atoms with Crippen LogP contribution in [0.1, 0.15) is 32.4 Å². The van der Waals surface area contributed by atoms with E-state index in [9.17, 15) is 9.59 Å². The second-order valence-electron chi connectivity index (χ2n) is 4.77. The van der Waals surface area contributed by atoms with E-state index in [1.54, 1.807) is 23.9 Å². The predicted molar refractivity (Wildman–Crippen MR) is 78.8 cm³/mol. The van der Waals surface area contributed by atoms with Crippen LogP contribution in [0.3, 0.4) is 0 Å². The van der Waals surface area contributed by atoms with E-state index >= 15 is 0 Å². The van der Waals surface area contributed by atoms with Gasteiger partial charge in [0.15, 0.2) is 5.91 Å². The number of nitrogens with one attached hydrogen (secondary N) is 1. The van der Waals surface area contributed by atoms with Gasteiger partial charge in [-0.25, -0.2) is 10.5 Å². The Kier molecular flexibility index (Phi) is 14.2. The largest absolute Gasteiger partial charge is 0.358 e. The number of benzene rings is 1. The van der Waals surface area contributed by atoms with Crippen LogP contribution in [0.25, 0.3) is 10.9 Å². The summed E-state index contributed by atoms with van der Waals surface area (Å²) in [6.07, 6.45) is 2.74. The Hall–Kier alpha value is 0.466. The summed E-state index contributed by atoms with van der Waals surface area (Å²) < 4.78 is 1.68. The second kappa shape index (κ2) is 12.8. The minimum Gasteiger partial charge on any atom is -0.358 e. The van der Waals surface area contributed by atoms with E-state index in [1.165, 1.54) is 0 Å². The zero-order chi connectivity index (χ0) is 15.4. The first kappa shape index (κ1) is 26.7. The summed E-state index contributed by atoms with van der Waals surface area (Å²) in [5.74, 6) is -0.0367. The summed E-state index contributed by atoms with van der Waals surface area (Å²) in [6, 6.07) is 9.43. The van der Waals surface area contributed by atoms with Crippen LogP contribution in [0.15, 0.2) is 12.1 Å². The second-order valence-corrected chi connectivity index (χ2v) is 4.77. The van der Waals surface area contributed by atoms with Crippen molar-refractivity contribution < 1.29 is 94.5 Å². The number of aromatic nitrogens is 2. The van der Waals surface area contributed by atoms with E-state index in [-0.39, 0.29) is 96.7 Å². The number of piperidine rings is 1. The van der Waals surface area contributed by atoms with Gasteiger partial charge in [0.25, 0.3) is 0 Å². The van der Waals surface area contributed by atoms with E-state index in [4.69, 9.17) is 0 Å². The van der Waals surface area contributed by atoms with Gasteiger partial charge in [0.2, 0.25) is 5.91 Å². The van der Waals surface area contributed by atoms with Crippen molar-refractivity contribution in [2.75, 3.05) is 0 Å². The van der Waals surface area contributed by atoms with E-state index in [2.05, 4.69) is 22.5 Å². The molecule has 24 heavy (non-hydrogen) atoms. The number of amides is 2. The van der Waals surface area contributed by atoms with Gasteiger partial charge in [-0.15, -0.1) is 5.92 Å². The maximum absolute atomic E-state index is 11.8. The molecular formula is C16H17AcN3O2Re2-4. The van der Waals surface area contributed by atoms with Crippen molar-refractivity contribution in [3.05, 3.63) is 42.3 Å². The molecule has 2 aromatic rings. The summed E-state index contributed by atoms with van der Waals surface area (Å²) in [5, 5.41) is 7.50. The summed E-state index contributed by atoms with van der Waals surface area (Å²) in [5.41, 5.74) is 1.44. The third-order valence-electron chi connectivity index (χ3n) is 3.02. The number of imide groups is 1. The minimum absolute atomic E-state index is 0. The first-order valence-corrected chi connectivity index (χ1v) is 6.77. The van der Waals surface area contributed by atoms with Crippen molar-refractivity contribution in [3.63, 3.8) is 0 Å². The van der Waals surface area contributed by atoms with Gasteiger partial charge in [-0.3, -0.25) is 15.7 Å². The Morgan fingerprint density at radius 3 is 2.54 bits per heavy atom. The number of aryl methyl sites for hydroxylation is 1. The van der Waals surface area contributed by atoms with Crippen LogP contribution in [-0.4, -0.2) is 21.6 Å². The fourth-order valence-electron chi connectivity index (χ4n) is 2.15. The van der Waals surface area contributed by atoms with Crippen molar-refractivity contribution in [2.24, 2.45) is 7.05 Å². The molecule has 1 aromatic heterocycles. The summed E-state index contributed by atoms with van der Waals surface area (Å²) in [6.45, 7) is 4.00. The van der Waals surface area contributed by atoms with Crippen molar-refractivity contribution in [2.45, 2.75) is 26.7 Å². The Bertz CT molecular complexity index is 676. The molecular weight excluding hydrogens is 866 g/mol. The average molecular weight is 883 g/mol. The van der Waals surface area contributed by atoms with Crippen molar-refractivity contribution >= 4 is 22.7 Å². The van der Waals surface area contributed by atoms with Gasteiger partial charge in [-0.05, 0) is 0 Å². The Labute approximate surface area is 205 Å². The monoisotopic (exact) mass is 884 g/mol. The van der Waals surface area contributed by atoms with E-state index in [1.807, 2.05) is 20.3 Å². The molecule has 3 radical (unpaired) electrons. The third-order valence-corrected chi connectivity index (χ3v) is 3.02. The number of rotatable bonds is 1. The maximum atomic E-state index is 11.8. The summed E-state index contributed by atoms with van der Waals surface area (Å²) >= 11 is 0. The summed E-state index contributed by atoms with van der Waals surface area (Å²) in [7, 11) is 1.80. The molecule has 1 N–H and O–H groups in total. The molecule has 1 aliphatic rings. The molecule has 0 bridgehead atoms. The van der Waals surface area contributed by atoms with Crippen LogP contribution in [0, 0.1) is 68.5 Å². The predicted octanol–water partition coefficient (Wildman–Crippen LogP) is 1.76. The van der Waals surface area contributed by atoms with Crippen molar-refractivity contribution in [1.82, 2.24) is 15.1 Å². The molecule has 1 aromatic carbocycles. The number of fused-ring (bicyclic) bond motifs is 1. The smallest absolute Gasteiger partial charge is 0.224 e. The Balaban J connectivity index is 0. The maximum Gasteiger partial charge on any atom is 0.224 e.